The Morgan fingerprint density at radius 3 is 2.26 bits per heavy atom. The van der Waals surface area contributed by atoms with Crippen LogP contribution in [0, 0.1) is 0 Å². The van der Waals surface area contributed by atoms with Crippen LogP contribution in [-0.2, 0) is 25.7 Å². The van der Waals surface area contributed by atoms with Crippen LogP contribution in [0.2, 0.25) is 0 Å². The lowest BCUT2D eigenvalue weighted by Crippen LogP contribution is -2.16. The van der Waals surface area contributed by atoms with Crippen molar-refractivity contribution in [3.05, 3.63) is 42.0 Å². The summed E-state index contributed by atoms with van der Waals surface area (Å²) in [5.41, 5.74) is -1.38. The van der Waals surface area contributed by atoms with Crippen LogP contribution < -0.4 is 19.5 Å². The van der Waals surface area contributed by atoms with Gasteiger partial charge in [0, 0.05) is 14.0 Å². The van der Waals surface area contributed by atoms with Crippen LogP contribution in [0.1, 0.15) is 12.5 Å². The van der Waals surface area contributed by atoms with Crippen molar-refractivity contribution in [2.24, 2.45) is 0 Å². The first kappa shape index (κ1) is 24.3. The van der Waals surface area contributed by atoms with E-state index < -0.39 is 33.4 Å². The average Bonchev–Trinajstić information content (AvgIpc) is 2.67. The van der Waals surface area contributed by atoms with E-state index in [-0.39, 0.29) is 35.3 Å². The molecule has 8 nitrogen and oxygen atoms in total. The third-order valence-electron chi connectivity index (χ3n) is 3.89. The summed E-state index contributed by atoms with van der Waals surface area (Å²) in [7, 11) is -1.60. The molecule has 0 bridgehead atoms. The molecule has 1 amide bonds. The standard InChI is InChI=1S/C19H21F3N2O6S/c1-12(25)23-15-11-14(5-7-17(15)29-3)31(26,27)24-16-10-13(19(20,21)22)4-6-18(16)30-9-8-28-2/h4-7,10-11,24H,8-9H2,1-3H3,(H,23,25). The van der Waals surface area contributed by atoms with Gasteiger partial charge in [-0.05, 0) is 36.4 Å². The number of anilines is 2. The highest BCUT2D eigenvalue weighted by Crippen LogP contribution is 2.36. The van der Waals surface area contributed by atoms with Crippen molar-refractivity contribution in [3.63, 3.8) is 0 Å². The highest BCUT2D eigenvalue weighted by molar-refractivity contribution is 7.92. The van der Waals surface area contributed by atoms with Crippen LogP contribution >= 0.6 is 0 Å². The lowest BCUT2D eigenvalue weighted by Gasteiger charge is -2.17. The fourth-order valence-electron chi connectivity index (χ4n) is 2.49. The average molecular weight is 462 g/mol. The largest absolute Gasteiger partial charge is 0.495 e. The van der Waals surface area contributed by atoms with Gasteiger partial charge >= 0.3 is 6.18 Å². The van der Waals surface area contributed by atoms with E-state index in [0.717, 1.165) is 18.2 Å². The Labute approximate surface area is 177 Å². The van der Waals surface area contributed by atoms with Gasteiger partial charge in [0.25, 0.3) is 10.0 Å². The summed E-state index contributed by atoms with van der Waals surface area (Å²) in [6.45, 7) is 1.36. The summed E-state index contributed by atoms with van der Waals surface area (Å²) >= 11 is 0. The minimum absolute atomic E-state index is 0.00813. The van der Waals surface area contributed by atoms with E-state index in [1.165, 1.54) is 33.3 Å². The zero-order valence-electron chi connectivity index (χ0n) is 16.9. The number of hydrogen-bond acceptors (Lipinski definition) is 6. The van der Waals surface area contributed by atoms with Crippen molar-refractivity contribution in [2.75, 3.05) is 37.5 Å². The van der Waals surface area contributed by atoms with Gasteiger partial charge < -0.3 is 19.5 Å². The third kappa shape index (κ3) is 6.49. The molecule has 12 heteroatoms. The van der Waals surface area contributed by atoms with Gasteiger partial charge in [0.1, 0.15) is 18.1 Å². The number of hydrogen-bond donors (Lipinski definition) is 2. The van der Waals surface area contributed by atoms with Crippen molar-refractivity contribution >= 4 is 27.3 Å². The fraction of sp³-hybridized carbons (Fsp3) is 0.316. The molecule has 0 radical (unpaired) electrons. The molecule has 2 aromatic rings. The Morgan fingerprint density at radius 2 is 1.68 bits per heavy atom. The molecule has 31 heavy (non-hydrogen) atoms. The normalized spacial score (nSPS) is 11.7. The van der Waals surface area contributed by atoms with Crippen LogP contribution in [0.4, 0.5) is 24.5 Å². The molecule has 0 saturated heterocycles. The van der Waals surface area contributed by atoms with E-state index in [1.54, 1.807) is 0 Å². The van der Waals surface area contributed by atoms with Gasteiger partial charge in [0.2, 0.25) is 5.91 Å². The van der Waals surface area contributed by atoms with Crippen molar-refractivity contribution in [2.45, 2.75) is 18.0 Å². The second-order valence-corrected chi connectivity index (χ2v) is 7.88. The maximum atomic E-state index is 13.1. The van der Waals surface area contributed by atoms with E-state index in [4.69, 9.17) is 14.2 Å². The highest BCUT2D eigenvalue weighted by Gasteiger charge is 2.32. The first-order valence-electron chi connectivity index (χ1n) is 8.79. The van der Waals surface area contributed by atoms with Crippen molar-refractivity contribution in [1.29, 1.82) is 0 Å². The molecule has 0 aliphatic heterocycles. The predicted molar refractivity (Wildman–Crippen MR) is 107 cm³/mol. The van der Waals surface area contributed by atoms with E-state index in [2.05, 4.69) is 10.0 Å². The molecule has 2 rings (SSSR count). The van der Waals surface area contributed by atoms with Crippen LogP contribution in [0.25, 0.3) is 0 Å². The second-order valence-electron chi connectivity index (χ2n) is 6.20. The number of carbonyl (C=O) groups is 1. The first-order valence-corrected chi connectivity index (χ1v) is 10.3. The van der Waals surface area contributed by atoms with E-state index in [9.17, 15) is 26.4 Å². The quantitative estimate of drug-likeness (QED) is 0.553. The van der Waals surface area contributed by atoms with Crippen molar-refractivity contribution in [1.82, 2.24) is 0 Å². The Balaban J connectivity index is 2.45. The Kier molecular flexibility index (Phi) is 7.74. The van der Waals surface area contributed by atoms with E-state index in [1.807, 2.05) is 0 Å². The molecule has 0 heterocycles. The SMILES string of the molecule is COCCOc1ccc(C(F)(F)F)cc1NS(=O)(=O)c1ccc(OC)c(NC(C)=O)c1. The van der Waals surface area contributed by atoms with Crippen LogP contribution in [0.15, 0.2) is 41.3 Å². The molecule has 0 fully saturated rings. The molecule has 0 aromatic heterocycles. The van der Waals surface area contributed by atoms with Crippen molar-refractivity contribution < 1.29 is 40.6 Å². The minimum atomic E-state index is -4.69. The molecule has 0 aliphatic rings. The molecular weight excluding hydrogens is 441 g/mol. The monoisotopic (exact) mass is 462 g/mol. The molecule has 2 aromatic carbocycles. The van der Waals surface area contributed by atoms with Gasteiger partial charge in [0.15, 0.2) is 0 Å². The molecular formula is C19H21F3N2O6S. The summed E-state index contributed by atoms with van der Waals surface area (Å²) in [4.78, 5) is 11.1. The number of alkyl halides is 3. The van der Waals surface area contributed by atoms with Gasteiger partial charge in [0.05, 0.1) is 35.6 Å². The van der Waals surface area contributed by atoms with Crippen LogP contribution in [0.5, 0.6) is 11.5 Å². The lowest BCUT2D eigenvalue weighted by atomic mass is 10.2. The Bertz CT molecular complexity index is 1040. The zero-order chi connectivity index (χ0) is 23.2. The predicted octanol–water partition coefficient (Wildman–Crippen LogP) is 3.50. The summed E-state index contributed by atoms with van der Waals surface area (Å²) in [5.74, 6) is -0.367. The Morgan fingerprint density at radius 1 is 1.00 bits per heavy atom. The van der Waals surface area contributed by atoms with Gasteiger partial charge in [-0.1, -0.05) is 0 Å². The maximum absolute atomic E-state index is 13.1. The molecule has 0 aliphatic carbocycles. The number of halogens is 3. The smallest absolute Gasteiger partial charge is 0.416 e. The number of carbonyl (C=O) groups excluding carboxylic acids is 1. The number of benzene rings is 2. The summed E-state index contributed by atoms with van der Waals surface area (Å²) in [6, 6.07) is 6.06. The topological polar surface area (TPSA) is 103 Å². The van der Waals surface area contributed by atoms with Crippen molar-refractivity contribution in [3.8, 4) is 11.5 Å². The third-order valence-corrected chi connectivity index (χ3v) is 5.25. The van der Waals surface area contributed by atoms with E-state index >= 15 is 0 Å². The van der Waals surface area contributed by atoms with Gasteiger partial charge in [-0.3, -0.25) is 9.52 Å². The number of ether oxygens (including phenoxy) is 3. The number of methoxy groups -OCH3 is 2. The minimum Gasteiger partial charge on any atom is -0.495 e. The van der Waals surface area contributed by atoms with Gasteiger partial charge in [-0.15, -0.1) is 0 Å². The first-order chi connectivity index (χ1) is 14.5. The molecule has 170 valence electrons. The highest BCUT2D eigenvalue weighted by atomic mass is 32.2. The summed E-state index contributed by atoms with van der Waals surface area (Å²) in [6.07, 6.45) is -4.69. The van der Waals surface area contributed by atoms with E-state index in [0.29, 0.717) is 6.07 Å². The van der Waals surface area contributed by atoms with Crippen LogP contribution in [0.3, 0.4) is 0 Å². The molecule has 0 unspecified atom stereocenters. The van der Waals surface area contributed by atoms with Gasteiger partial charge in [-0.2, -0.15) is 13.2 Å². The van der Waals surface area contributed by atoms with Gasteiger partial charge in [-0.25, -0.2) is 8.42 Å². The number of rotatable bonds is 9. The zero-order valence-corrected chi connectivity index (χ0v) is 17.7. The number of nitrogens with one attached hydrogen (secondary N) is 2. The lowest BCUT2D eigenvalue weighted by molar-refractivity contribution is -0.137. The Hall–Kier alpha value is -2.99. The fourth-order valence-corrected chi connectivity index (χ4v) is 3.58. The maximum Gasteiger partial charge on any atom is 0.416 e. The second kappa shape index (κ2) is 9.88. The molecule has 2 N–H and O–H groups in total. The summed E-state index contributed by atoms with van der Waals surface area (Å²) in [5, 5.41) is 2.43. The van der Waals surface area contributed by atoms with Crippen LogP contribution in [-0.4, -0.2) is 41.8 Å². The molecule has 0 spiro atoms. The molecule has 0 atom stereocenters. The number of amides is 1. The number of sulfonamides is 1. The molecule has 0 saturated carbocycles. The summed E-state index contributed by atoms with van der Waals surface area (Å²) < 4.78 is 82.5.